The van der Waals surface area contributed by atoms with E-state index in [1.54, 1.807) is 31.5 Å². The van der Waals surface area contributed by atoms with Gasteiger partial charge in [0, 0.05) is 23.8 Å². The van der Waals surface area contributed by atoms with E-state index in [0.717, 1.165) is 17.4 Å². The van der Waals surface area contributed by atoms with Crippen molar-refractivity contribution in [3.63, 3.8) is 0 Å². The molecule has 0 fully saturated rings. The summed E-state index contributed by atoms with van der Waals surface area (Å²) in [4.78, 5) is 28.8. The van der Waals surface area contributed by atoms with Crippen molar-refractivity contribution in [3.05, 3.63) is 87.2 Å². The third-order valence-corrected chi connectivity index (χ3v) is 6.63. The zero-order valence-corrected chi connectivity index (χ0v) is 20.9. The number of amides is 1. The van der Waals surface area contributed by atoms with Crippen molar-refractivity contribution in [1.82, 2.24) is 25.3 Å². The Morgan fingerprint density at radius 2 is 1.84 bits per heavy atom. The second-order valence-corrected chi connectivity index (χ2v) is 9.22. The van der Waals surface area contributed by atoms with Crippen LogP contribution in [0, 0.1) is 5.82 Å². The number of anilines is 3. The van der Waals surface area contributed by atoms with E-state index in [1.165, 1.54) is 12.5 Å². The maximum atomic E-state index is 13.5. The van der Waals surface area contributed by atoms with E-state index in [1.807, 2.05) is 0 Å². The number of hydrogen-bond acceptors (Lipinski definition) is 9. The lowest BCUT2D eigenvalue weighted by molar-refractivity contribution is -0.139. The molecule has 2 unspecified atom stereocenters. The van der Waals surface area contributed by atoms with Crippen LogP contribution in [0.4, 0.5) is 34.8 Å². The number of carbonyl (C=O) groups excluding carboxylic acids is 1. The quantitative estimate of drug-likeness (QED) is 0.163. The minimum atomic E-state index is -4.91. The van der Waals surface area contributed by atoms with E-state index in [2.05, 4.69) is 35.9 Å². The average Bonchev–Trinajstić information content (AvgIpc) is 3.37. The summed E-state index contributed by atoms with van der Waals surface area (Å²) >= 11 is 7.34. The Morgan fingerprint density at radius 3 is 2.55 bits per heavy atom. The number of benzene rings is 1. The van der Waals surface area contributed by atoms with Gasteiger partial charge >= 0.3 is 6.18 Å². The SMILES string of the molecule is CC(NC(O)c1ncnc(Nc2ccncc2)c1Cl)c1ncc(C(=O)Nc2ccc(F)c(C(F)(F)F)c2)s1. The van der Waals surface area contributed by atoms with Crippen molar-refractivity contribution in [3.8, 4) is 0 Å². The first-order valence-electron chi connectivity index (χ1n) is 10.8. The molecule has 15 heteroatoms. The maximum Gasteiger partial charge on any atom is 0.419 e. The van der Waals surface area contributed by atoms with Crippen molar-refractivity contribution < 1.29 is 27.5 Å². The Labute approximate surface area is 222 Å². The summed E-state index contributed by atoms with van der Waals surface area (Å²) in [5.74, 6) is -1.91. The lowest BCUT2D eigenvalue weighted by Crippen LogP contribution is -2.25. The molecule has 0 aliphatic carbocycles. The number of rotatable bonds is 8. The highest BCUT2D eigenvalue weighted by molar-refractivity contribution is 7.13. The zero-order chi connectivity index (χ0) is 27.4. The Hall–Kier alpha value is -3.72. The molecule has 3 heterocycles. The van der Waals surface area contributed by atoms with E-state index >= 15 is 0 Å². The smallest absolute Gasteiger partial charge is 0.373 e. The number of aromatic nitrogens is 4. The van der Waals surface area contributed by atoms with E-state index < -0.39 is 35.7 Å². The average molecular weight is 568 g/mol. The Bertz CT molecular complexity index is 1440. The van der Waals surface area contributed by atoms with Crippen LogP contribution in [-0.2, 0) is 6.18 Å². The molecule has 38 heavy (non-hydrogen) atoms. The topological polar surface area (TPSA) is 125 Å². The summed E-state index contributed by atoms with van der Waals surface area (Å²) in [6.07, 6.45) is -0.613. The van der Waals surface area contributed by atoms with Gasteiger partial charge in [-0.3, -0.25) is 15.1 Å². The monoisotopic (exact) mass is 567 g/mol. The highest BCUT2D eigenvalue weighted by Crippen LogP contribution is 2.33. The lowest BCUT2D eigenvalue weighted by Gasteiger charge is -2.19. The second-order valence-electron chi connectivity index (χ2n) is 7.78. The van der Waals surface area contributed by atoms with Crippen LogP contribution >= 0.6 is 22.9 Å². The van der Waals surface area contributed by atoms with Gasteiger partial charge in [-0.05, 0) is 37.3 Å². The Kier molecular flexibility index (Phi) is 8.16. The summed E-state index contributed by atoms with van der Waals surface area (Å²) in [5, 5.41) is 19.3. The van der Waals surface area contributed by atoms with Gasteiger partial charge in [0.1, 0.15) is 39.0 Å². The molecule has 0 bridgehead atoms. The predicted octanol–water partition coefficient (Wildman–Crippen LogP) is 5.48. The highest BCUT2D eigenvalue weighted by Gasteiger charge is 2.34. The number of pyridine rings is 1. The van der Waals surface area contributed by atoms with Crippen LogP contribution in [0.15, 0.2) is 55.2 Å². The number of carbonyl (C=O) groups is 1. The van der Waals surface area contributed by atoms with Crippen molar-refractivity contribution >= 4 is 46.0 Å². The molecule has 4 rings (SSSR count). The molecule has 0 spiro atoms. The lowest BCUT2D eigenvalue weighted by atomic mass is 10.2. The predicted molar refractivity (Wildman–Crippen MR) is 133 cm³/mol. The van der Waals surface area contributed by atoms with E-state index in [4.69, 9.17) is 11.6 Å². The van der Waals surface area contributed by atoms with Crippen molar-refractivity contribution in [1.29, 1.82) is 0 Å². The van der Waals surface area contributed by atoms with Crippen molar-refractivity contribution in [2.24, 2.45) is 0 Å². The van der Waals surface area contributed by atoms with Gasteiger partial charge in [0.05, 0.1) is 17.8 Å². The summed E-state index contributed by atoms with van der Waals surface area (Å²) in [5.41, 5.74) is -0.952. The largest absolute Gasteiger partial charge is 0.419 e. The summed E-state index contributed by atoms with van der Waals surface area (Å²) < 4.78 is 52.3. The number of nitrogens with zero attached hydrogens (tertiary/aromatic N) is 4. The van der Waals surface area contributed by atoms with Gasteiger partial charge < -0.3 is 15.7 Å². The molecule has 1 amide bonds. The van der Waals surface area contributed by atoms with Crippen LogP contribution in [0.2, 0.25) is 5.02 Å². The number of aliphatic hydroxyl groups is 1. The number of aliphatic hydroxyl groups excluding tert-OH is 1. The molecular weight excluding hydrogens is 550 g/mol. The standard InChI is InChI=1S/C23H18ClF4N7O2S/c1-11(33-21(37)18-17(24)19(32-10-31-18)34-12-4-6-29-7-5-12)22-30-9-16(38-22)20(36)35-13-2-3-15(25)14(8-13)23(26,27)28/h2-11,21,33,37H,1H3,(H,35,36)(H,29,31,32,34). The number of hydrogen-bond donors (Lipinski definition) is 4. The Morgan fingerprint density at radius 1 is 1.11 bits per heavy atom. The first-order valence-corrected chi connectivity index (χ1v) is 12.0. The van der Waals surface area contributed by atoms with Gasteiger partial charge in [-0.2, -0.15) is 13.2 Å². The molecule has 2 atom stereocenters. The van der Waals surface area contributed by atoms with E-state index in [0.29, 0.717) is 22.8 Å². The molecule has 4 aromatic rings. The normalized spacial score (nSPS) is 13.1. The van der Waals surface area contributed by atoms with Gasteiger partial charge in [0.15, 0.2) is 5.82 Å². The van der Waals surface area contributed by atoms with Crippen LogP contribution in [0.3, 0.4) is 0 Å². The minimum absolute atomic E-state index is 0.0771. The van der Waals surface area contributed by atoms with Crippen LogP contribution in [0.25, 0.3) is 0 Å². The second kappa shape index (κ2) is 11.3. The van der Waals surface area contributed by atoms with E-state index in [-0.39, 0.29) is 27.1 Å². The molecule has 0 saturated heterocycles. The number of halogens is 5. The van der Waals surface area contributed by atoms with Gasteiger partial charge in [0.2, 0.25) is 0 Å². The molecule has 198 valence electrons. The fourth-order valence-electron chi connectivity index (χ4n) is 3.23. The molecule has 0 aliphatic heterocycles. The molecule has 0 aliphatic rings. The zero-order valence-electron chi connectivity index (χ0n) is 19.3. The first-order chi connectivity index (χ1) is 18.0. The first kappa shape index (κ1) is 27.3. The highest BCUT2D eigenvalue weighted by atomic mass is 35.5. The van der Waals surface area contributed by atoms with Gasteiger partial charge in [-0.1, -0.05) is 11.6 Å². The van der Waals surface area contributed by atoms with Gasteiger partial charge in [0.25, 0.3) is 5.91 Å². The summed E-state index contributed by atoms with van der Waals surface area (Å²) in [6, 6.07) is 4.99. The van der Waals surface area contributed by atoms with Gasteiger partial charge in [-0.15, -0.1) is 11.3 Å². The van der Waals surface area contributed by atoms with Crippen molar-refractivity contribution in [2.45, 2.75) is 25.4 Å². The van der Waals surface area contributed by atoms with Crippen LogP contribution in [0.5, 0.6) is 0 Å². The maximum absolute atomic E-state index is 13.5. The molecule has 3 aromatic heterocycles. The molecule has 0 saturated carbocycles. The fourth-order valence-corrected chi connectivity index (χ4v) is 4.30. The van der Waals surface area contributed by atoms with Crippen LogP contribution in [-0.4, -0.2) is 30.9 Å². The molecular formula is C23H18ClF4N7O2S. The molecule has 4 N–H and O–H groups in total. The summed E-state index contributed by atoms with van der Waals surface area (Å²) in [6.45, 7) is 1.67. The number of nitrogens with one attached hydrogen (secondary N) is 3. The fraction of sp³-hybridized carbons (Fsp3) is 0.174. The van der Waals surface area contributed by atoms with Crippen molar-refractivity contribution in [2.75, 3.05) is 10.6 Å². The third kappa shape index (κ3) is 6.39. The number of thiazole rings is 1. The molecule has 9 nitrogen and oxygen atoms in total. The van der Waals surface area contributed by atoms with E-state index in [9.17, 15) is 27.5 Å². The molecule has 0 radical (unpaired) electrons. The summed E-state index contributed by atoms with van der Waals surface area (Å²) in [7, 11) is 0. The molecule has 1 aromatic carbocycles. The number of alkyl halides is 3. The van der Waals surface area contributed by atoms with Crippen LogP contribution in [0.1, 0.15) is 45.1 Å². The Balaban J connectivity index is 1.42. The minimum Gasteiger partial charge on any atom is -0.373 e. The van der Waals surface area contributed by atoms with Crippen LogP contribution < -0.4 is 16.0 Å². The van der Waals surface area contributed by atoms with Gasteiger partial charge in [-0.25, -0.2) is 19.3 Å². The third-order valence-electron chi connectivity index (χ3n) is 5.07.